The first-order valence-corrected chi connectivity index (χ1v) is 14.4. The third-order valence-corrected chi connectivity index (χ3v) is 13.6. The van der Waals surface area contributed by atoms with Crippen molar-refractivity contribution in [2.24, 2.45) is 50.7 Å². The molecule has 1 saturated heterocycles. The zero-order valence-electron chi connectivity index (χ0n) is 23.0. The number of esters is 1. The van der Waals surface area contributed by atoms with Crippen molar-refractivity contribution in [3.8, 4) is 0 Å². The Bertz CT molecular complexity index is 932. The van der Waals surface area contributed by atoms with Crippen molar-refractivity contribution < 1.29 is 24.5 Å². The molecule has 5 saturated carbocycles. The van der Waals surface area contributed by atoms with Gasteiger partial charge in [0.05, 0.1) is 18.3 Å². The van der Waals surface area contributed by atoms with Gasteiger partial charge in [0.25, 0.3) is 0 Å². The summed E-state index contributed by atoms with van der Waals surface area (Å²) in [4.78, 5) is 11.5. The molecule has 198 valence electrons. The van der Waals surface area contributed by atoms with Crippen molar-refractivity contribution >= 4 is 5.97 Å². The highest BCUT2D eigenvalue weighted by Crippen LogP contribution is 2.89. The van der Waals surface area contributed by atoms with Crippen LogP contribution in [0.15, 0.2) is 0 Å². The molecule has 1 heterocycles. The monoisotopic (exact) mass is 488 g/mol. The average Bonchev–Trinajstić information content (AvgIpc) is 3.40. The largest absolute Gasteiger partial charge is 0.463 e. The smallest absolute Gasteiger partial charge is 0.302 e. The molecule has 5 aliphatic carbocycles. The van der Waals surface area contributed by atoms with E-state index in [4.69, 9.17) is 9.47 Å². The molecule has 5 heteroatoms. The van der Waals surface area contributed by atoms with Crippen LogP contribution in [0.25, 0.3) is 0 Å². The summed E-state index contributed by atoms with van der Waals surface area (Å²) in [7, 11) is 0. The van der Waals surface area contributed by atoms with Crippen LogP contribution in [0, 0.1) is 50.7 Å². The molecule has 0 bridgehead atoms. The Morgan fingerprint density at radius 3 is 2.31 bits per heavy atom. The molecule has 1 aliphatic heterocycles. The second-order valence-corrected chi connectivity index (χ2v) is 15.2. The number of hydrogen-bond donors (Lipinski definition) is 2. The molecular formula is C30H48O5. The number of ether oxygens (including phenoxy) is 2. The van der Waals surface area contributed by atoms with Crippen LogP contribution >= 0.6 is 0 Å². The summed E-state index contributed by atoms with van der Waals surface area (Å²) in [5, 5.41) is 23.1. The van der Waals surface area contributed by atoms with Crippen LogP contribution in [0.3, 0.4) is 0 Å². The van der Waals surface area contributed by atoms with Gasteiger partial charge in [0, 0.05) is 12.3 Å². The Morgan fingerprint density at radius 1 is 0.971 bits per heavy atom. The van der Waals surface area contributed by atoms with Gasteiger partial charge in [-0.2, -0.15) is 0 Å². The van der Waals surface area contributed by atoms with Gasteiger partial charge in [-0.25, -0.2) is 0 Å². The zero-order valence-corrected chi connectivity index (χ0v) is 23.0. The SMILES string of the molecule is CC(=O)OCC1(C)C[C@@H](C)C2[C@H](O1)[C@H](O)[C@@]1(C)[C@@H]3CC[C@H]4C(C)(C)[C@@H](O)CC[C@@]45C[C@@]35CC[C@]21C. The van der Waals surface area contributed by atoms with Gasteiger partial charge in [-0.05, 0) is 104 Å². The highest BCUT2D eigenvalue weighted by Gasteiger charge is 2.84. The third-order valence-electron chi connectivity index (χ3n) is 13.6. The first kappa shape index (κ1) is 24.7. The maximum atomic E-state index is 12.2. The summed E-state index contributed by atoms with van der Waals surface area (Å²) < 4.78 is 12.2. The standard InChI is InChI=1S/C30H48O5/c1-17-14-26(5,16-34-18(2)31)35-23-22(17)27(6)12-13-30-15-29(30)11-10-21(32)25(3,4)19(29)8-9-20(30)28(27,7)24(23)33/h17,19-24,32-33H,8-16H2,1-7H3/t17-,19+,20+,21+,22?,23+,24+,26?,27-,28-,29-,30+/m1/s1. The Balaban J connectivity index is 1.36. The summed E-state index contributed by atoms with van der Waals surface area (Å²) in [5.74, 6) is 1.54. The quantitative estimate of drug-likeness (QED) is 0.528. The second kappa shape index (κ2) is 7.05. The van der Waals surface area contributed by atoms with Crippen LogP contribution in [0.4, 0.5) is 0 Å². The van der Waals surface area contributed by atoms with Crippen LogP contribution in [0.2, 0.25) is 0 Å². The topological polar surface area (TPSA) is 76.0 Å². The molecule has 0 aromatic heterocycles. The number of aliphatic hydroxyl groups is 2. The Hall–Kier alpha value is -0.650. The number of carbonyl (C=O) groups is 1. The van der Waals surface area contributed by atoms with E-state index in [2.05, 4.69) is 41.5 Å². The molecule has 0 radical (unpaired) electrons. The molecule has 35 heavy (non-hydrogen) atoms. The summed E-state index contributed by atoms with van der Waals surface area (Å²) in [6.45, 7) is 15.6. The van der Waals surface area contributed by atoms with Crippen molar-refractivity contribution in [2.45, 2.75) is 124 Å². The van der Waals surface area contributed by atoms with Gasteiger partial charge in [0.1, 0.15) is 12.2 Å². The minimum atomic E-state index is -0.548. The molecule has 6 aliphatic rings. The summed E-state index contributed by atoms with van der Waals surface area (Å²) in [5.41, 5.74) is -0.0429. The van der Waals surface area contributed by atoms with Crippen LogP contribution < -0.4 is 0 Å². The third kappa shape index (κ3) is 2.74. The number of fused-ring (bicyclic) bond motifs is 4. The molecule has 12 atom stereocenters. The van der Waals surface area contributed by atoms with E-state index in [0.717, 1.165) is 32.1 Å². The predicted octanol–water partition coefficient (Wildman–Crippen LogP) is 5.11. The van der Waals surface area contributed by atoms with Crippen LogP contribution in [-0.2, 0) is 14.3 Å². The molecule has 0 amide bonds. The van der Waals surface area contributed by atoms with E-state index < -0.39 is 11.7 Å². The van der Waals surface area contributed by atoms with E-state index in [-0.39, 0.29) is 41.0 Å². The number of hydrogen-bond acceptors (Lipinski definition) is 5. The van der Waals surface area contributed by atoms with Crippen molar-refractivity contribution in [1.29, 1.82) is 0 Å². The molecule has 6 fully saturated rings. The molecule has 5 nitrogen and oxygen atoms in total. The maximum Gasteiger partial charge on any atom is 0.302 e. The number of carbonyl (C=O) groups excluding carboxylic acids is 1. The highest BCUT2D eigenvalue weighted by atomic mass is 16.6. The van der Waals surface area contributed by atoms with E-state index >= 15 is 0 Å². The van der Waals surface area contributed by atoms with Crippen molar-refractivity contribution in [3.63, 3.8) is 0 Å². The highest BCUT2D eigenvalue weighted by molar-refractivity contribution is 5.65. The lowest BCUT2D eigenvalue weighted by molar-refractivity contribution is -0.209. The van der Waals surface area contributed by atoms with Gasteiger partial charge in [-0.15, -0.1) is 0 Å². The number of rotatable bonds is 2. The molecule has 2 unspecified atom stereocenters. The van der Waals surface area contributed by atoms with Crippen molar-refractivity contribution in [3.05, 3.63) is 0 Å². The van der Waals surface area contributed by atoms with E-state index in [9.17, 15) is 15.0 Å². The van der Waals surface area contributed by atoms with Crippen LogP contribution in [-0.4, -0.2) is 46.7 Å². The molecule has 0 aromatic rings. The fourth-order valence-corrected chi connectivity index (χ4v) is 12.1. The number of aliphatic hydroxyl groups excluding tert-OH is 2. The van der Waals surface area contributed by atoms with E-state index in [0.29, 0.717) is 34.5 Å². The Morgan fingerprint density at radius 2 is 1.63 bits per heavy atom. The first-order chi connectivity index (χ1) is 16.2. The molecule has 2 N–H and O–H groups in total. The lowest BCUT2D eigenvalue weighted by Crippen LogP contribution is -2.59. The minimum absolute atomic E-state index is 0.0210. The lowest BCUT2D eigenvalue weighted by Gasteiger charge is -2.63. The van der Waals surface area contributed by atoms with E-state index in [1.807, 2.05) is 0 Å². The van der Waals surface area contributed by atoms with E-state index in [1.165, 1.54) is 26.2 Å². The van der Waals surface area contributed by atoms with Gasteiger partial charge in [0.15, 0.2) is 0 Å². The van der Waals surface area contributed by atoms with Gasteiger partial charge < -0.3 is 19.7 Å². The van der Waals surface area contributed by atoms with Gasteiger partial charge in [-0.1, -0.05) is 34.6 Å². The van der Waals surface area contributed by atoms with Crippen molar-refractivity contribution in [1.82, 2.24) is 0 Å². The van der Waals surface area contributed by atoms with Gasteiger partial charge in [-0.3, -0.25) is 4.79 Å². The molecule has 0 aromatic carbocycles. The maximum absolute atomic E-state index is 12.2. The molecular weight excluding hydrogens is 440 g/mol. The lowest BCUT2D eigenvalue weighted by atomic mass is 9.41. The van der Waals surface area contributed by atoms with E-state index in [1.54, 1.807) is 0 Å². The average molecular weight is 489 g/mol. The minimum Gasteiger partial charge on any atom is -0.463 e. The summed E-state index contributed by atoms with van der Waals surface area (Å²) >= 11 is 0. The van der Waals surface area contributed by atoms with Crippen LogP contribution in [0.1, 0.15) is 99.8 Å². The Labute approximate surface area is 211 Å². The van der Waals surface area contributed by atoms with Gasteiger partial charge >= 0.3 is 5.97 Å². The normalized spacial score (nSPS) is 59.9. The fraction of sp³-hybridized carbons (Fsp3) is 0.967. The van der Waals surface area contributed by atoms with Crippen molar-refractivity contribution in [2.75, 3.05) is 6.61 Å². The van der Waals surface area contributed by atoms with Crippen LogP contribution in [0.5, 0.6) is 0 Å². The summed E-state index contributed by atoms with van der Waals surface area (Å²) in [6.07, 6.45) is 8.07. The summed E-state index contributed by atoms with van der Waals surface area (Å²) in [6, 6.07) is 0. The predicted molar refractivity (Wildman–Crippen MR) is 133 cm³/mol. The second-order valence-electron chi connectivity index (χ2n) is 15.2. The first-order valence-electron chi connectivity index (χ1n) is 14.4. The fourth-order valence-electron chi connectivity index (χ4n) is 12.1. The zero-order chi connectivity index (χ0) is 25.4. The molecule has 2 spiro atoms. The molecule has 6 rings (SSSR count). The Kier molecular flexibility index (Phi) is 4.97. The van der Waals surface area contributed by atoms with Gasteiger partial charge in [0.2, 0.25) is 0 Å².